The van der Waals surface area contributed by atoms with Crippen LogP contribution >= 0.6 is 11.3 Å². The number of fused-ring (bicyclic) bond motifs is 1. The van der Waals surface area contributed by atoms with Crippen molar-refractivity contribution < 1.29 is 14.6 Å². The summed E-state index contributed by atoms with van der Waals surface area (Å²) < 4.78 is 6.04. The van der Waals surface area contributed by atoms with Crippen molar-refractivity contribution in [2.24, 2.45) is 0 Å². The van der Waals surface area contributed by atoms with Gasteiger partial charge in [-0.15, -0.1) is 11.3 Å². The summed E-state index contributed by atoms with van der Waals surface area (Å²) in [5, 5.41) is 12.1. The molecule has 0 bridgehead atoms. The molecule has 0 saturated carbocycles. The minimum atomic E-state index is -0.963. The zero-order valence-electron chi connectivity index (χ0n) is 10.4. The topological polar surface area (TPSA) is 81.4 Å². The predicted octanol–water partition coefficient (Wildman–Crippen LogP) is 0.772. The summed E-state index contributed by atoms with van der Waals surface area (Å²) in [6.45, 7) is 1.99. The van der Waals surface area contributed by atoms with Crippen LogP contribution in [0.15, 0.2) is 22.6 Å². The lowest BCUT2D eigenvalue weighted by atomic mass is 10.2. The first kappa shape index (κ1) is 13.7. The summed E-state index contributed by atoms with van der Waals surface area (Å²) in [6, 6.07) is 1.70. The first-order valence-electron chi connectivity index (χ1n) is 5.88. The SMILES string of the molecule is CCOC(=O)CC(O)Cn1cnc2sccc2c1=O. The number of ether oxygens (including phenoxy) is 1. The van der Waals surface area contributed by atoms with Crippen molar-refractivity contribution >= 4 is 27.5 Å². The molecule has 0 aliphatic carbocycles. The predicted molar refractivity (Wildman–Crippen MR) is 71.1 cm³/mol. The Labute approximate surface area is 113 Å². The number of carbonyl (C=O) groups is 1. The lowest BCUT2D eigenvalue weighted by molar-refractivity contribution is -0.145. The van der Waals surface area contributed by atoms with Gasteiger partial charge in [0.25, 0.3) is 5.56 Å². The van der Waals surface area contributed by atoms with E-state index in [-0.39, 0.29) is 25.1 Å². The van der Waals surface area contributed by atoms with Gasteiger partial charge < -0.3 is 9.84 Å². The van der Waals surface area contributed by atoms with Gasteiger partial charge in [-0.3, -0.25) is 14.2 Å². The van der Waals surface area contributed by atoms with Crippen LogP contribution in [0.25, 0.3) is 10.2 Å². The fraction of sp³-hybridized carbons (Fsp3) is 0.417. The van der Waals surface area contributed by atoms with Crippen molar-refractivity contribution in [2.75, 3.05) is 6.61 Å². The Morgan fingerprint density at radius 2 is 2.42 bits per heavy atom. The fourth-order valence-electron chi connectivity index (χ4n) is 1.73. The van der Waals surface area contributed by atoms with Crippen LogP contribution in [-0.2, 0) is 16.1 Å². The molecule has 1 N–H and O–H groups in total. The number of aliphatic hydroxyl groups excluding tert-OH is 1. The van der Waals surface area contributed by atoms with E-state index in [0.29, 0.717) is 10.2 Å². The van der Waals surface area contributed by atoms with Crippen LogP contribution in [0.2, 0.25) is 0 Å². The highest BCUT2D eigenvalue weighted by atomic mass is 32.1. The van der Waals surface area contributed by atoms with Gasteiger partial charge in [-0.2, -0.15) is 0 Å². The number of rotatable bonds is 5. The van der Waals surface area contributed by atoms with Gasteiger partial charge in [-0.1, -0.05) is 0 Å². The molecule has 0 aromatic carbocycles. The minimum Gasteiger partial charge on any atom is -0.466 e. The van der Waals surface area contributed by atoms with E-state index in [0.717, 1.165) is 0 Å². The summed E-state index contributed by atoms with van der Waals surface area (Å²) in [4.78, 5) is 28.0. The summed E-state index contributed by atoms with van der Waals surface area (Å²) >= 11 is 1.39. The van der Waals surface area contributed by atoms with Crippen molar-refractivity contribution in [3.63, 3.8) is 0 Å². The van der Waals surface area contributed by atoms with E-state index in [1.165, 1.54) is 22.2 Å². The summed E-state index contributed by atoms with van der Waals surface area (Å²) in [5.41, 5.74) is -0.214. The van der Waals surface area contributed by atoms with Gasteiger partial charge >= 0.3 is 5.97 Å². The van der Waals surface area contributed by atoms with E-state index in [2.05, 4.69) is 4.98 Å². The maximum atomic E-state index is 12.0. The highest BCUT2D eigenvalue weighted by Crippen LogP contribution is 2.13. The number of carbonyl (C=O) groups excluding carboxylic acids is 1. The number of hydrogen-bond donors (Lipinski definition) is 1. The third kappa shape index (κ3) is 3.18. The van der Waals surface area contributed by atoms with Gasteiger partial charge in [0.05, 0.1) is 37.4 Å². The van der Waals surface area contributed by atoms with E-state index in [4.69, 9.17) is 4.74 Å². The highest BCUT2D eigenvalue weighted by molar-refractivity contribution is 7.16. The second-order valence-electron chi connectivity index (χ2n) is 4.00. The van der Waals surface area contributed by atoms with E-state index >= 15 is 0 Å². The Morgan fingerprint density at radius 3 is 3.16 bits per heavy atom. The van der Waals surface area contributed by atoms with Crippen LogP contribution in [-0.4, -0.2) is 33.3 Å². The van der Waals surface area contributed by atoms with Gasteiger partial charge in [-0.25, -0.2) is 4.98 Å². The molecular weight excluding hydrogens is 268 g/mol. The molecule has 2 heterocycles. The molecule has 6 nitrogen and oxygen atoms in total. The average molecular weight is 282 g/mol. The Kier molecular flexibility index (Phi) is 4.28. The van der Waals surface area contributed by atoms with Crippen LogP contribution < -0.4 is 5.56 Å². The standard InChI is InChI=1S/C12H14N2O4S/c1-2-18-10(16)5-8(15)6-14-7-13-11-9(12(14)17)3-4-19-11/h3-4,7-8,15H,2,5-6H2,1H3. The molecule has 2 rings (SSSR count). The molecule has 0 aliphatic heterocycles. The third-order valence-corrected chi connectivity index (χ3v) is 3.39. The van der Waals surface area contributed by atoms with E-state index in [1.54, 1.807) is 18.4 Å². The minimum absolute atomic E-state index is 0.0242. The Morgan fingerprint density at radius 1 is 1.63 bits per heavy atom. The Hall–Kier alpha value is -1.73. The average Bonchev–Trinajstić information content (AvgIpc) is 2.82. The first-order valence-corrected chi connectivity index (χ1v) is 6.76. The molecule has 1 atom stereocenters. The molecule has 2 aromatic heterocycles. The number of esters is 1. The third-order valence-electron chi connectivity index (χ3n) is 2.57. The second kappa shape index (κ2) is 5.94. The number of aromatic nitrogens is 2. The van der Waals surface area contributed by atoms with Gasteiger partial charge in [0, 0.05) is 0 Å². The molecule has 0 radical (unpaired) electrons. The van der Waals surface area contributed by atoms with Crippen LogP contribution in [0, 0.1) is 0 Å². The van der Waals surface area contributed by atoms with Crippen LogP contribution in [0.3, 0.4) is 0 Å². The van der Waals surface area contributed by atoms with Crippen molar-refractivity contribution in [2.45, 2.75) is 26.0 Å². The van der Waals surface area contributed by atoms with Gasteiger partial charge in [0.2, 0.25) is 0 Å². The molecule has 0 saturated heterocycles. The number of nitrogens with zero attached hydrogens (tertiary/aromatic N) is 2. The molecular formula is C12H14N2O4S. The fourth-order valence-corrected chi connectivity index (χ4v) is 2.45. The van der Waals surface area contributed by atoms with Gasteiger partial charge in [0.1, 0.15) is 4.83 Å². The quantitative estimate of drug-likeness (QED) is 0.819. The molecule has 7 heteroatoms. The lowest BCUT2D eigenvalue weighted by Gasteiger charge is -2.11. The molecule has 0 fully saturated rings. The Balaban J connectivity index is 2.10. The normalized spacial score (nSPS) is 12.5. The van der Waals surface area contributed by atoms with Crippen LogP contribution in [0.5, 0.6) is 0 Å². The first-order chi connectivity index (χ1) is 9.11. The summed E-state index contributed by atoms with van der Waals surface area (Å²) in [6.07, 6.45) is 0.284. The van der Waals surface area contributed by atoms with Crippen molar-refractivity contribution in [1.82, 2.24) is 9.55 Å². The van der Waals surface area contributed by atoms with E-state index in [9.17, 15) is 14.7 Å². The van der Waals surface area contributed by atoms with Gasteiger partial charge in [0.15, 0.2) is 0 Å². The van der Waals surface area contributed by atoms with Crippen molar-refractivity contribution in [3.05, 3.63) is 28.1 Å². The molecule has 0 amide bonds. The Bertz CT molecular complexity index is 634. The second-order valence-corrected chi connectivity index (χ2v) is 4.90. The lowest BCUT2D eigenvalue weighted by Crippen LogP contribution is -2.28. The van der Waals surface area contributed by atoms with Gasteiger partial charge in [-0.05, 0) is 18.4 Å². The zero-order valence-corrected chi connectivity index (χ0v) is 11.2. The van der Waals surface area contributed by atoms with E-state index < -0.39 is 12.1 Å². The van der Waals surface area contributed by atoms with Crippen molar-refractivity contribution in [1.29, 1.82) is 0 Å². The molecule has 0 spiro atoms. The number of aliphatic hydroxyl groups is 1. The molecule has 1 unspecified atom stereocenters. The van der Waals surface area contributed by atoms with Crippen molar-refractivity contribution in [3.8, 4) is 0 Å². The molecule has 2 aromatic rings. The highest BCUT2D eigenvalue weighted by Gasteiger charge is 2.14. The maximum absolute atomic E-state index is 12.0. The van der Waals surface area contributed by atoms with E-state index in [1.807, 2.05) is 0 Å². The van der Waals surface area contributed by atoms with Crippen LogP contribution in [0.1, 0.15) is 13.3 Å². The maximum Gasteiger partial charge on any atom is 0.308 e. The number of hydrogen-bond acceptors (Lipinski definition) is 6. The summed E-state index contributed by atoms with van der Waals surface area (Å²) in [5.74, 6) is -0.479. The largest absolute Gasteiger partial charge is 0.466 e. The molecule has 19 heavy (non-hydrogen) atoms. The summed E-state index contributed by atoms with van der Waals surface area (Å²) in [7, 11) is 0. The molecule has 0 aliphatic rings. The number of thiophene rings is 1. The van der Waals surface area contributed by atoms with Crippen LogP contribution in [0.4, 0.5) is 0 Å². The monoisotopic (exact) mass is 282 g/mol. The smallest absolute Gasteiger partial charge is 0.308 e. The molecule has 102 valence electrons. The zero-order chi connectivity index (χ0) is 13.8.